The van der Waals surface area contributed by atoms with Crippen molar-refractivity contribution in [3.63, 3.8) is 0 Å². The summed E-state index contributed by atoms with van der Waals surface area (Å²) in [5, 5.41) is 0. The standard InChI is InChI=1S/C32H48O3/c1-3-5-7-9-10-11-13-15-27-25-34-32(35-26-27)30-18-16-28(17-19-30)29-20-22-31(23-21-29)33-24-14-12-8-6-4-2/h16-23,27,32H,3-15,24-26H2,1-2H3. The highest BCUT2D eigenvalue weighted by Crippen LogP contribution is 2.30. The van der Waals surface area contributed by atoms with Gasteiger partial charge in [0.2, 0.25) is 0 Å². The summed E-state index contributed by atoms with van der Waals surface area (Å²) < 4.78 is 18.1. The van der Waals surface area contributed by atoms with E-state index in [1.807, 2.05) is 0 Å². The lowest BCUT2D eigenvalue weighted by Gasteiger charge is -2.29. The average Bonchev–Trinajstić information content (AvgIpc) is 2.91. The third-order valence-corrected chi connectivity index (χ3v) is 7.07. The van der Waals surface area contributed by atoms with E-state index in [-0.39, 0.29) is 6.29 Å². The van der Waals surface area contributed by atoms with Crippen LogP contribution >= 0.6 is 0 Å². The van der Waals surface area contributed by atoms with E-state index >= 15 is 0 Å². The smallest absolute Gasteiger partial charge is 0.183 e. The minimum absolute atomic E-state index is 0.234. The summed E-state index contributed by atoms with van der Waals surface area (Å²) in [5.74, 6) is 1.49. The van der Waals surface area contributed by atoms with Crippen molar-refractivity contribution in [2.75, 3.05) is 19.8 Å². The maximum Gasteiger partial charge on any atom is 0.183 e. The molecule has 35 heavy (non-hydrogen) atoms. The highest BCUT2D eigenvalue weighted by atomic mass is 16.7. The van der Waals surface area contributed by atoms with E-state index in [0.717, 1.165) is 37.6 Å². The molecule has 0 radical (unpaired) electrons. The largest absolute Gasteiger partial charge is 0.494 e. The van der Waals surface area contributed by atoms with Gasteiger partial charge >= 0.3 is 0 Å². The van der Waals surface area contributed by atoms with Gasteiger partial charge in [0.15, 0.2) is 6.29 Å². The molecular formula is C32H48O3. The Bertz CT molecular complexity index is 775. The minimum Gasteiger partial charge on any atom is -0.494 e. The first-order valence-corrected chi connectivity index (χ1v) is 14.4. The molecule has 1 fully saturated rings. The lowest BCUT2D eigenvalue weighted by molar-refractivity contribution is -0.206. The molecule has 1 aliphatic rings. The van der Waals surface area contributed by atoms with Gasteiger partial charge in [0.1, 0.15) is 5.75 Å². The first-order chi connectivity index (χ1) is 17.3. The summed E-state index contributed by atoms with van der Waals surface area (Å²) in [5.41, 5.74) is 3.51. The Balaban J connectivity index is 1.35. The van der Waals surface area contributed by atoms with E-state index in [1.54, 1.807) is 0 Å². The van der Waals surface area contributed by atoms with Crippen molar-refractivity contribution >= 4 is 0 Å². The van der Waals surface area contributed by atoms with Crippen molar-refractivity contribution in [3.8, 4) is 16.9 Å². The van der Waals surface area contributed by atoms with Gasteiger partial charge in [-0.15, -0.1) is 0 Å². The first kappa shape index (κ1) is 27.7. The van der Waals surface area contributed by atoms with E-state index in [1.165, 1.54) is 88.2 Å². The normalized spacial score (nSPS) is 18.0. The van der Waals surface area contributed by atoms with Gasteiger partial charge in [0.25, 0.3) is 0 Å². The molecule has 194 valence electrons. The van der Waals surface area contributed by atoms with Crippen molar-refractivity contribution < 1.29 is 14.2 Å². The predicted molar refractivity (Wildman–Crippen MR) is 147 cm³/mol. The molecule has 0 saturated carbocycles. The monoisotopic (exact) mass is 480 g/mol. The summed E-state index contributed by atoms with van der Waals surface area (Å²) >= 11 is 0. The second-order valence-electron chi connectivity index (χ2n) is 10.2. The van der Waals surface area contributed by atoms with E-state index < -0.39 is 0 Å². The second-order valence-corrected chi connectivity index (χ2v) is 10.2. The maximum atomic E-state index is 6.08. The molecule has 3 heteroatoms. The highest BCUT2D eigenvalue weighted by Gasteiger charge is 2.23. The lowest BCUT2D eigenvalue weighted by Crippen LogP contribution is -2.27. The SMILES string of the molecule is CCCCCCCCCC1COC(c2ccc(-c3ccc(OCCCCCCC)cc3)cc2)OC1. The maximum absolute atomic E-state index is 6.08. The van der Waals surface area contributed by atoms with Gasteiger partial charge < -0.3 is 14.2 Å². The quantitative estimate of drug-likeness (QED) is 0.211. The third kappa shape index (κ3) is 10.4. The van der Waals surface area contributed by atoms with Crippen molar-refractivity contribution in [2.45, 2.75) is 104 Å². The number of ether oxygens (including phenoxy) is 3. The summed E-state index contributed by atoms with van der Waals surface area (Å²) in [7, 11) is 0. The Hall–Kier alpha value is -1.84. The second kappa shape index (κ2) is 16.8. The van der Waals surface area contributed by atoms with Crippen LogP contribution in [0.25, 0.3) is 11.1 Å². The van der Waals surface area contributed by atoms with Gasteiger partial charge in [-0.25, -0.2) is 0 Å². The summed E-state index contributed by atoms with van der Waals surface area (Å²) in [6.07, 6.45) is 16.8. The number of hydrogen-bond donors (Lipinski definition) is 0. The zero-order chi connectivity index (χ0) is 24.6. The molecule has 0 bridgehead atoms. The zero-order valence-electron chi connectivity index (χ0n) is 22.3. The van der Waals surface area contributed by atoms with Crippen LogP contribution in [-0.2, 0) is 9.47 Å². The van der Waals surface area contributed by atoms with Gasteiger partial charge in [-0.2, -0.15) is 0 Å². The van der Waals surface area contributed by atoms with E-state index in [9.17, 15) is 0 Å². The molecule has 3 rings (SSSR count). The van der Waals surface area contributed by atoms with Crippen LogP contribution in [0.15, 0.2) is 48.5 Å². The van der Waals surface area contributed by atoms with Gasteiger partial charge in [0, 0.05) is 11.5 Å². The van der Waals surface area contributed by atoms with Crippen LogP contribution in [0.3, 0.4) is 0 Å². The Kier molecular flexibility index (Phi) is 13.3. The highest BCUT2D eigenvalue weighted by molar-refractivity contribution is 5.64. The van der Waals surface area contributed by atoms with Crippen molar-refractivity contribution in [2.24, 2.45) is 5.92 Å². The third-order valence-electron chi connectivity index (χ3n) is 7.07. The molecule has 2 aromatic carbocycles. The molecule has 0 aliphatic carbocycles. The van der Waals surface area contributed by atoms with E-state index in [0.29, 0.717) is 5.92 Å². The molecular weight excluding hydrogens is 432 g/mol. The van der Waals surface area contributed by atoms with Crippen LogP contribution in [0.2, 0.25) is 0 Å². The summed E-state index contributed by atoms with van der Waals surface area (Å²) in [6, 6.07) is 17.0. The van der Waals surface area contributed by atoms with Gasteiger partial charge in [-0.1, -0.05) is 121 Å². The van der Waals surface area contributed by atoms with Crippen LogP contribution < -0.4 is 4.74 Å². The van der Waals surface area contributed by atoms with Crippen LogP contribution in [0.1, 0.15) is 109 Å². The Morgan fingerprint density at radius 1 is 0.629 bits per heavy atom. The van der Waals surface area contributed by atoms with Gasteiger partial charge in [0.05, 0.1) is 19.8 Å². The molecule has 1 aliphatic heterocycles. The van der Waals surface area contributed by atoms with Crippen LogP contribution in [-0.4, -0.2) is 19.8 Å². The first-order valence-electron chi connectivity index (χ1n) is 14.4. The van der Waals surface area contributed by atoms with Crippen LogP contribution in [0.4, 0.5) is 0 Å². The topological polar surface area (TPSA) is 27.7 Å². The fourth-order valence-corrected chi connectivity index (χ4v) is 4.76. The van der Waals surface area contributed by atoms with Crippen molar-refractivity contribution in [1.29, 1.82) is 0 Å². The Morgan fingerprint density at radius 3 is 1.74 bits per heavy atom. The molecule has 1 saturated heterocycles. The summed E-state index contributed by atoms with van der Waals surface area (Å²) in [6.45, 7) is 6.94. The molecule has 0 spiro atoms. The zero-order valence-corrected chi connectivity index (χ0v) is 22.3. The molecule has 0 atom stereocenters. The van der Waals surface area contributed by atoms with Crippen molar-refractivity contribution in [1.82, 2.24) is 0 Å². The van der Waals surface area contributed by atoms with Gasteiger partial charge in [-0.3, -0.25) is 0 Å². The minimum atomic E-state index is -0.234. The number of rotatable bonds is 17. The van der Waals surface area contributed by atoms with Gasteiger partial charge in [-0.05, 0) is 36.1 Å². The molecule has 0 aromatic heterocycles. The summed E-state index contributed by atoms with van der Waals surface area (Å²) in [4.78, 5) is 0. The lowest BCUT2D eigenvalue weighted by atomic mass is 10.00. The van der Waals surface area contributed by atoms with E-state index in [4.69, 9.17) is 14.2 Å². The number of unbranched alkanes of at least 4 members (excludes halogenated alkanes) is 10. The average molecular weight is 481 g/mol. The molecule has 0 amide bonds. The molecule has 1 heterocycles. The number of benzene rings is 2. The fraction of sp³-hybridized carbons (Fsp3) is 0.625. The molecule has 3 nitrogen and oxygen atoms in total. The Labute approximate surface area is 214 Å². The molecule has 0 N–H and O–H groups in total. The molecule has 0 unspecified atom stereocenters. The van der Waals surface area contributed by atoms with E-state index in [2.05, 4.69) is 62.4 Å². The van der Waals surface area contributed by atoms with Crippen LogP contribution in [0.5, 0.6) is 5.75 Å². The number of hydrogen-bond acceptors (Lipinski definition) is 3. The predicted octanol–water partition coefficient (Wildman–Crippen LogP) is 9.51. The van der Waals surface area contributed by atoms with Crippen molar-refractivity contribution in [3.05, 3.63) is 54.1 Å². The fourth-order valence-electron chi connectivity index (χ4n) is 4.76. The Morgan fingerprint density at radius 2 is 1.14 bits per heavy atom. The molecule has 2 aromatic rings. The van der Waals surface area contributed by atoms with Crippen LogP contribution in [0, 0.1) is 5.92 Å².